The number of aryl methyl sites for hydroxylation is 1. The number of aromatic nitrogens is 4. The van der Waals surface area contributed by atoms with E-state index in [0.717, 1.165) is 11.3 Å². The van der Waals surface area contributed by atoms with Crippen molar-refractivity contribution in [3.05, 3.63) is 52.9 Å². The summed E-state index contributed by atoms with van der Waals surface area (Å²) in [5.41, 5.74) is 8.26. The predicted octanol–water partition coefficient (Wildman–Crippen LogP) is 1.82. The molecule has 0 spiro atoms. The molecule has 0 bridgehead atoms. The van der Waals surface area contributed by atoms with E-state index in [4.69, 9.17) is 5.73 Å². The number of anilines is 1. The Labute approximate surface area is 136 Å². The molecule has 0 aliphatic rings. The number of carbonyl (C=O) groups excluding carboxylic acids is 1. The molecule has 116 valence electrons. The Kier molecular flexibility index (Phi) is 4.24. The van der Waals surface area contributed by atoms with Crippen LogP contribution in [-0.4, -0.2) is 25.8 Å². The van der Waals surface area contributed by atoms with Crippen LogP contribution in [0.4, 0.5) is 5.95 Å². The van der Waals surface area contributed by atoms with Crippen LogP contribution in [-0.2, 0) is 6.54 Å². The summed E-state index contributed by atoms with van der Waals surface area (Å²) < 4.78 is 0. The Morgan fingerprint density at radius 1 is 1.30 bits per heavy atom. The molecule has 7 nitrogen and oxygen atoms in total. The van der Waals surface area contributed by atoms with E-state index in [1.807, 2.05) is 24.4 Å². The fraction of sp³-hybridized carbons (Fsp3) is 0.133. The van der Waals surface area contributed by atoms with Gasteiger partial charge in [0.15, 0.2) is 0 Å². The molecular formula is C15H14N6OS. The first-order valence-corrected chi connectivity index (χ1v) is 7.74. The minimum absolute atomic E-state index is 0.0388. The Bertz CT molecular complexity index is 834. The van der Waals surface area contributed by atoms with Gasteiger partial charge in [-0.15, -0.1) is 11.3 Å². The normalized spacial score (nSPS) is 10.5. The second-order valence-corrected chi connectivity index (χ2v) is 5.68. The quantitative estimate of drug-likeness (QED) is 0.757. The highest BCUT2D eigenvalue weighted by Crippen LogP contribution is 2.20. The molecule has 0 saturated carbocycles. The molecule has 23 heavy (non-hydrogen) atoms. The number of nitrogen functional groups attached to an aromatic ring is 1. The first-order chi connectivity index (χ1) is 11.1. The molecular weight excluding hydrogens is 312 g/mol. The average molecular weight is 326 g/mol. The van der Waals surface area contributed by atoms with Crippen molar-refractivity contribution in [2.75, 3.05) is 5.73 Å². The van der Waals surface area contributed by atoms with Gasteiger partial charge in [0, 0.05) is 17.8 Å². The van der Waals surface area contributed by atoms with Gasteiger partial charge in [0.25, 0.3) is 5.91 Å². The van der Waals surface area contributed by atoms with E-state index in [2.05, 4.69) is 25.3 Å². The molecule has 8 heteroatoms. The lowest BCUT2D eigenvalue weighted by Crippen LogP contribution is -2.25. The van der Waals surface area contributed by atoms with Gasteiger partial charge in [0.2, 0.25) is 5.95 Å². The van der Waals surface area contributed by atoms with E-state index in [-0.39, 0.29) is 17.5 Å². The van der Waals surface area contributed by atoms with Crippen LogP contribution in [0.2, 0.25) is 0 Å². The van der Waals surface area contributed by atoms with Crippen LogP contribution in [0.5, 0.6) is 0 Å². The lowest BCUT2D eigenvalue weighted by atomic mass is 10.2. The van der Waals surface area contributed by atoms with Gasteiger partial charge < -0.3 is 11.1 Å². The van der Waals surface area contributed by atoms with Crippen LogP contribution in [0.15, 0.2) is 36.0 Å². The molecule has 0 unspecified atom stereocenters. The van der Waals surface area contributed by atoms with E-state index >= 15 is 0 Å². The third kappa shape index (κ3) is 3.49. The largest absolute Gasteiger partial charge is 0.368 e. The highest BCUT2D eigenvalue weighted by Gasteiger charge is 2.13. The molecule has 1 amide bonds. The maximum absolute atomic E-state index is 12.3. The van der Waals surface area contributed by atoms with Crippen molar-refractivity contribution in [3.63, 3.8) is 0 Å². The molecule has 0 saturated heterocycles. The number of hydrogen-bond acceptors (Lipinski definition) is 7. The molecule has 0 fully saturated rings. The number of nitrogens with one attached hydrogen (secondary N) is 1. The second kappa shape index (κ2) is 6.49. The average Bonchev–Trinajstić information content (AvgIpc) is 3.08. The smallest absolute Gasteiger partial charge is 0.270 e. The first-order valence-electron chi connectivity index (χ1n) is 6.86. The number of pyridine rings is 1. The van der Waals surface area contributed by atoms with Crippen LogP contribution < -0.4 is 11.1 Å². The molecule has 0 atom stereocenters. The summed E-state index contributed by atoms with van der Waals surface area (Å²) in [4.78, 5) is 28.8. The number of hydrogen-bond donors (Lipinski definition) is 2. The van der Waals surface area contributed by atoms with Crippen molar-refractivity contribution in [1.82, 2.24) is 25.3 Å². The van der Waals surface area contributed by atoms with Gasteiger partial charge in [-0.2, -0.15) is 0 Å². The monoisotopic (exact) mass is 326 g/mol. The third-order valence-electron chi connectivity index (χ3n) is 3.16. The van der Waals surface area contributed by atoms with Crippen LogP contribution in [0.3, 0.4) is 0 Å². The molecule has 3 aromatic heterocycles. The number of carbonyl (C=O) groups is 1. The molecule has 0 aliphatic carbocycles. The first kappa shape index (κ1) is 15.0. The predicted molar refractivity (Wildman–Crippen MR) is 87.7 cm³/mol. The number of amides is 1. The van der Waals surface area contributed by atoms with Crippen molar-refractivity contribution < 1.29 is 4.79 Å². The lowest BCUT2D eigenvalue weighted by Gasteiger charge is -2.07. The van der Waals surface area contributed by atoms with E-state index in [0.29, 0.717) is 17.2 Å². The molecule has 3 aromatic rings. The van der Waals surface area contributed by atoms with E-state index in [1.165, 1.54) is 11.3 Å². The summed E-state index contributed by atoms with van der Waals surface area (Å²) >= 11 is 1.42. The zero-order chi connectivity index (χ0) is 16.2. The van der Waals surface area contributed by atoms with E-state index in [9.17, 15) is 4.79 Å². The molecule has 3 N–H and O–H groups in total. The number of rotatable bonds is 4. The fourth-order valence-electron chi connectivity index (χ4n) is 2.00. The summed E-state index contributed by atoms with van der Waals surface area (Å²) in [5.74, 6) is -0.293. The third-order valence-corrected chi connectivity index (χ3v) is 3.96. The molecule has 0 aliphatic heterocycles. The van der Waals surface area contributed by atoms with Crippen molar-refractivity contribution in [2.45, 2.75) is 13.5 Å². The SMILES string of the molecule is Cc1cccnc1CNC(=O)c1cc(-c2nccs2)nc(N)n1. The standard InChI is InChI=1S/C15H14N6OS/c1-9-3-2-4-17-12(9)8-19-13(22)10-7-11(21-15(16)20-10)14-18-5-6-23-14/h2-7H,8H2,1H3,(H,19,22)(H2,16,20,21). The lowest BCUT2D eigenvalue weighted by molar-refractivity contribution is 0.0945. The van der Waals surface area contributed by atoms with Gasteiger partial charge >= 0.3 is 0 Å². The van der Waals surface area contributed by atoms with Crippen molar-refractivity contribution in [3.8, 4) is 10.7 Å². The van der Waals surface area contributed by atoms with Crippen LogP contribution in [0.25, 0.3) is 10.7 Å². The zero-order valence-electron chi connectivity index (χ0n) is 12.4. The van der Waals surface area contributed by atoms with E-state index in [1.54, 1.807) is 18.5 Å². The number of thiazole rings is 1. The summed E-state index contributed by atoms with van der Waals surface area (Å²) in [5, 5.41) is 5.31. The van der Waals surface area contributed by atoms with Gasteiger partial charge in [-0.25, -0.2) is 15.0 Å². The molecule has 3 rings (SSSR count). The van der Waals surface area contributed by atoms with Crippen LogP contribution >= 0.6 is 11.3 Å². The Balaban J connectivity index is 1.78. The maximum atomic E-state index is 12.3. The molecule has 3 heterocycles. The van der Waals surface area contributed by atoms with Crippen molar-refractivity contribution >= 4 is 23.2 Å². The van der Waals surface area contributed by atoms with Gasteiger partial charge in [-0.05, 0) is 24.6 Å². The Morgan fingerprint density at radius 2 is 2.17 bits per heavy atom. The van der Waals surface area contributed by atoms with Crippen molar-refractivity contribution in [1.29, 1.82) is 0 Å². The maximum Gasteiger partial charge on any atom is 0.270 e. The van der Waals surface area contributed by atoms with Crippen molar-refractivity contribution in [2.24, 2.45) is 0 Å². The Hall–Kier alpha value is -2.87. The molecule has 0 aromatic carbocycles. The highest BCUT2D eigenvalue weighted by atomic mass is 32.1. The molecule has 0 radical (unpaired) electrons. The summed E-state index contributed by atoms with van der Waals surface area (Å²) in [6.45, 7) is 2.26. The Morgan fingerprint density at radius 3 is 2.91 bits per heavy atom. The van der Waals surface area contributed by atoms with Crippen LogP contribution in [0.1, 0.15) is 21.7 Å². The topological polar surface area (TPSA) is 107 Å². The number of nitrogens with two attached hydrogens (primary N) is 1. The van der Waals surface area contributed by atoms with E-state index < -0.39 is 0 Å². The number of nitrogens with zero attached hydrogens (tertiary/aromatic N) is 4. The van der Waals surface area contributed by atoms with Gasteiger partial charge in [-0.1, -0.05) is 6.07 Å². The van der Waals surface area contributed by atoms with Gasteiger partial charge in [-0.3, -0.25) is 9.78 Å². The minimum atomic E-state index is -0.332. The highest BCUT2D eigenvalue weighted by molar-refractivity contribution is 7.13. The fourth-order valence-corrected chi connectivity index (χ4v) is 2.60. The summed E-state index contributed by atoms with van der Waals surface area (Å²) in [6, 6.07) is 5.37. The summed E-state index contributed by atoms with van der Waals surface area (Å²) in [6.07, 6.45) is 3.36. The van der Waals surface area contributed by atoms with Gasteiger partial charge in [0.05, 0.1) is 12.2 Å². The summed E-state index contributed by atoms with van der Waals surface area (Å²) in [7, 11) is 0. The van der Waals surface area contributed by atoms with Crippen LogP contribution in [0, 0.1) is 6.92 Å². The zero-order valence-corrected chi connectivity index (χ0v) is 13.2. The minimum Gasteiger partial charge on any atom is -0.368 e. The van der Waals surface area contributed by atoms with Gasteiger partial charge in [0.1, 0.15) is 16.4 Å². The second-order valence-electron chi connectivity index (χ2n) is 4.78.